The smallest absolute Gasteiger partial charge is 0.225 e. The highest BCUT2D eigenvalue weighted by Gasteiger charge is 2.34. The molecule has 1 aliphatic carbocycles. The van der Waals surface area contributed by atoms with Crippen molar-refractivity contribution in [3.63, 3.8) is 0 Å². The Morgan fingerprint density at radius 1 is 1.17 bits per heavy atom. The van der Waals surface area contributed by atoms with Gasteiger partial charge in [-0.25, -0.2) is 19.3 Å². The topological polar surface area (TPSA) is 80.7 Å². The Bertz CT molecular complexity index is 1080. The van der Waals surface area contributed by atoms with Gasteiger partial charge in [-0.3, -0.25) is 9.78 Å². The lowest BCUT2D eigenvalue weighted by Gasteiger charge is -2.36. The Balaban J connectivity index is 1.59. The molecule has 4 rings (SSSR count). The second-order valence-corrected chi connectivity index (χ2v) is 8.57. The minimum absolute atomic E-state index is 0.00314. The van der Waals surface area contributed by atoms with E-state index >= 15 is 0 Å². The monoisotopic (exact) mass is 405 g/mol. The van der Waals surface area contributed by atoms with E-state index in [0.717, 1.165) is 29.8 Å². The van der Waals surface area contributed by atoms with E-state index in [1.165, 1.54) is 6.07 Å². The van der Waals surface area contributed by atoms with Crippen LogP contribution in [0.5, 0.6) is 0 Å². The minimum Gasteiger partial charge on any atom is -0.349 e. The fourth-order valence-electron chi connectivity index (χ4n) is 3.87. The summed E-state index contributed by atoms with van der Waals surface area (Å²) in [4.78, 5) is 30.5. The first-order valence-electron chi connectivity index (χ1n) is 9.98. The van der Waals surface area contributed by atoms with Gasteiger partial charge in [0.15, 0.2) is 5.82 Å². The van der Waals surface area contributed by atoms with Gasteiger partial charge in [-0.1, -0.05) is 32.0 Å². The second kappa shape index (κ2) is 7.89. The molecular formula is C23H24FN5O. The standard InChI is InChI=1S/C23H24FN5O/c1-14-11-26-20(13-25-14)22-27-12-16-18(9-23(2,3)10-19(16)29-22)28-21(30)8-15-6-4-5-7-17(15)24/h4-7,11-13,18H,8-10H2,1-3H3,(H,28,30)/t18-/m1/s1. The highest BCUT2D eigenvalue weighted by Crippen LogP contribution is 2.40. The summed E-state index contributed by atoms with van der Waals surface area (Å²) in [5.74, 6) is -0.0678. The molecule has 0 saturated carbocycles. The number of benzene rings is 1. The van der Waals surface area contributed by atoms with Crippen molar-refractivity contribution in [1.82, 2.24) is 25.3 Å². The summed E-state index contributed by atoms with van der Waals surface area (Å²) in [5, 5.41) is 3.06. The van der Waals surface area contributed by atoms with E-state index in [1.807, 2.05) is 6.92 Å². The average Bonchev–Trinajstić information content (AvgIpc) is 2.69. The molecule has 0 bridgehead atoms. The van der Waals surface area contributed by atoms with E-state index in [9.17, 15) is 9.18 Å². The van der Waals surface area contributed by atoms with Gasteiger partial charge in [0.05, 0.1) is 30.0 Å². The Kier molecular flexibility index (Phi) is 5.28. The molecule has 1 aliphatic rings. The van der Waals surface area contributed by atoms with Crippen LogP contribution in [0.2, 0.25) is 0 Å². The highest BCUT2D eigenvalue weighted by molar-refractivity contribution is 5.79. The number of nitrogens with one attached hydrogen (secondary N) is 1. The summed E-state index contributed by atoms with van der Waals surface area (Å²) in [6.07, 6.45) is 6.65. The van der Waals surface area contributed by atoms with Crippen molar-refractivity contribution in [2.24, 2.45) is 5.41 Å². The van der Waals surface area contributed by atoms with E-state index in [4.69, 9.17) is 4.98 Å². The molecule has 30 heavy (non-hydrogen) atoms. The summed E-state index contributed by atoms with van der Waals surface area (Å²) < 4.78 is 13.9. The quantitative estimate of drug-likeness (QED) is 0.715. The van der Waals surface area contributed by atoms with Crippen molar-refractivity contribution in [3.05, 3.63) is 71.2 Å². The van der Waals surface area contributed by atoms with Crippen LogP contribution in [0.4, 0.5) is 4.39 Å². The van der Waals surface area contributed by atoms with Gasteiger partial charge in [0.1, 0.15) is 11.5 Å². The fraction of sp³-hybridized carbons (Fsp3) is 0.348. The Morgan fingerprint density at radius 2 is 1.97 bits per heavy atom. The molecule has 6 nitrogen and oxygen atoms in total. The number of fused-ring (bicyclic) bond motifs is 1. The molecule has 0 radical (unpaired) electrons. The lowest BCUT2D eigenvalue weighted by Crippen LogP contribution is -2.38. The molecule has 154 valence electrons. The largest absolute Gasteiger partial charge is 0.349 e. The zero-order valence-corrected chi connectivity index (χ0v) is 17.3. The van der Waals surface area contributed by atoms with Crippen molar-refractivity contribution in [2.75, 3.05) is 0 Å². The van der Waals surface area contributed by atoms with Gasteiger partial charge >= 0.3 is 0 Å². The van der Waals surface area contributed by atoms with Crippen LogP contribution in [0.25, 0.3) is 11.5 Å². The number of carbonyl (C=O) groups excluding carboxylic acids is 1. The molecular weight excluding hydrogens is 381 g/mol. The molecule has 1 amide bonds. The summed E-state index contributed by atoms with van der Waals surface area (Å²) >= 11 is 0. The number of halogens is 1. The normalized spacial score (nSPS) is 17.3. The van der Waals surface area contributed by atoms with Crippen molar-refractivity contribution in [1.29, 1.82) is 0 Å². The number of hydrogen-bond donors (Lipinski definition) is 1. The second-order valence-electron chi connectivity index (χ2n) is 8.57. The predicted octanol–water partition coefficient (Wildman–Crippen LogP) is 3.75. The number of aromatic nitrogens is 4. The maximum absolute atomic E-state index is 13.9. The summed E-state index contributed by atoms with van der Waals surface area (Å²) in [7, 11) is 0. The number of nitrogens with zero attached hydrogens (tertiary/aromatic N) is 4. The Hall–Kier alpha value is -3.22. The Labute approximate surface area is 175 Å². The van der Waals surface area contributed by atoms with Crippen molar-refractivity contribution in [2.45, 2.75) is 46.1 Å². The molecule has 3 aromatic rings. The molecule has 0 aliphatic heterocycles. The van der Waals surface area contributed by atoms with Gasteiger partial charge in [-0.05, 0) is 36.8 Å². The molecule has 7 heteroatoms. The summed E-state index contributed by atoms with van der Waals surface area (Å²) in [6, 6.07) is 6.12. The van der Waals surface area contributed by atoms with Crippen molar-refractivity contribution in [3.8, 4) is 11.5 Å². The van der Waals surface area contributed by atoms with Crippen LogP contribution in [0, 0.1) is 18.2 Å². The highest BCUT2D eigenvalue weighted by atomic mass is 19.1. The minimum atomic E-state index is -0.371. The van der Waals surface area contributed by atoms with Crippen LogP contribution >= 0.6 is 0 Å². The predicted molar refractivity (Wildman–Crippen MR) is 111 cm³/mol. The zero-order chi connectivity index (χ0) is 21.3. The van der Waals surface area contributed by atoms with Crippen LogP contribution < -0.4 is 5.32 Å². The van der Waals surface area contributed by atoms with Gasteiger partial charge in [-0.2, -0.15) is 0 Å². The number of carbonyl (C=O) groups is 1. The van der Waals surface area contributed by atoms with Gasteiger partial charge in [0.2, 0.25) is 5.91 Å². The first-order valence-corrected chi connectivity index (χ1v) is 9.98. The first kappa shape index (κ1) is 20.1. The molecule has 0 unspecified atom stereocenters. The van der Waals surface area contributed by atoms with Crippen LogP contribution in [0.3, 0.4) is 0 Å². The molecule has 2 aromatic heterocycles. The molecule has 2 heterocycles. The molecule has 1 N–H and O–H groups in total. The van der Waals surface area contributed by atoms with Crippen LogP contribution in [0.15, 0.2) is 42.9 Å². The SMILES string of the molecule is Cc1cnc(-c2ncc3c(n2)CC(C)(C)C[C@H]3NC(=O)Cc2ccccc2F)cn1. The Morgan fingerprint density at radius 3 is 2.70 bits per heavy atom. The molecule has 0 spiro atoms. The molecule has 0 fully saturated rings. The van der Waals surface area contributed by atoms with E-state index < -0.39 is 0 Å². The number of rotatable bonds is 4. The van der Waals surface area contributed by atoms with E-state index in [1.54, 1.807) is 36.8 Å². The van der Waals surface area contributed by atoms with Crippen LogP contribution in [-0.2, 0) is 17.6 Å². The van der Waals surface area contributed by atoms with E-state index in [0.29, 0.717) is 17.1 Å². The van der Waals surface area contributed by atoms with Gasteiger partial charge in [0.25, 0.3) is 0 Å². The third-order valence-electron chi connectivity index (χ3n) is 5.33. The van der Waals surface area contributed by atoms with E-state index in [2.05, 4.69) is 34.1 Å². The molecule has 1 atom stereocenters. The third-order valence-corrected chi connectivity index (χ3v) is 5.33. The van der Waals surface area contributed by atoms with Crippen molar-refractivity contribution < 1.29 is 9.18 Å². The zero-order valence-electron chi connectivity index (χ0n) is 17.3. The van der Waals surface area contributed by atoms with Gasteiger partial charge in [-0.15, -0.1) is 0 Å². The van der Waals surface area contributed by atoms with Crippen LogP contribution in [-0.4, -0.2) is 25.8 Å². The molecule has 0 saturated heterocycles. The third kappa shape index (κ3) is 4.35. The summed E-state index contributed by atoms with van der Waals surface area (Å²) in [5.41, 5.74) is 3.58. The van der Waals surface area contributed by atoms with Gasteiger partial charge in [0, 0.05) is 18.0 Å². The lowest BCUT2D eigenvalue weighted by atomic mass is 9.74. The summed E-state index contributed by atoms with van der Waals surface area (Å²) in [6.45, 7) is 6.18. The van der Waals surface area contributed by atoms with E-state index in [-0.39, 0.29) is 29.6 Å². The number of hydrogen-bond acceptors (Lipinski definition) is 5. The lowest BCUT2D eigenvalue weighted by molar-refractivity contribution is -0.121. The number of aryl methyl sites for hydroxylation is 1. The number of amides is 1. The van der Waals surface area contributed by atoms with Crippen molar-refractivity contribution >= 4 is 5.91 Å². The average molecular weight is 405 g/mol. The van der Waals surface area contributed by atoms with Gasteiger partial charge < -0.3 is 5.32 Å². The molecule has 1 aromatic carbocycles. The first-order chi connectivity index (χ1) is 14.3. The fourth-order valence-corrected chi connectivity index (χ4v) is 3.87. The maximum atomic E-state index is 13.9. The van der Waals surface area contributed by atoms with Crippen LogP contribution in [0.1, 0.15) is 48.8 Å². The maximum Gasteiger partial charge on any atom is 0.225 e.